The Labute approximate surface area is 251 Å². The normalized spacial score (nSPS) is 16.4. The Balaban J connectivity index is 0.976. The maximum absolute atomic E-state index is 12.9. The molecule has 2 saturated heterocycles. The molecule has 2 fully saturated rings. The van der Waals surface area contributed by atoms with Crippen molar-refractivity contribution in [2.24, 2.45) is 0 Å². The number of aryl methyl sites for hydroxylation is 1. The summed E-state index contributed by atoms with van der Waals surface area (Å²) >= 11 is 12.9. The quantitative estimate of drug-likeness (QED) is 0.290. The van der Waals surface area contributed by atoms with E-state index in [-0.39, 0.29) is 16.5 Å². The lowest BCUT2D eigenvalue weighted by Crippen LogP contribution is -2.49. The van der Waals surface area contributed by atoms with Crippen molar-refractivity contribution < 1.29 is 9.21 Å². The second kappa shape index (κ2) is 14.2. The topological polar surface area (TPSA) is 78.1 Å². The standard InChI is InChI=1S/C30H38Cl2N6O3/c31-24-9-4-5-10-25(24)35-16-14-34(15-17-35)12-6-2-1-3-7-13-38-30(40)28(32)26(23-33-38)36-18-20-37(21-19-36)29(39)27-11-8-22-41-27/h4-5,8-11,22-23H,1-3,6-7,12-21H2. The Morgan fingerprint density at radius 2 is 1.44 bits per heavy atom. The first kappa shape index (κ1) is 29.5. The number of carbonyl (C=O) groups excluding carboxylic acids is 1. The minimum atomic E-state index is -0.255. The van der Waals surface area contributed by atoms with Gasteiger partial charge in [-0.1, -0.05) is 54.6 Å². The minimum Gasteiger partial charge on any atom is -0.459 e. The number of benzene rings is 1. The Bertz CT molecular complexity index is 1330. The van der Waals surface area contributed by atoms with E-state index in [1.165, 1.54) is 23.8 Å². The Morgan fingerprint density at radius 3 is 2.15 bits per heavy atom. The Kier molecular flexibility index (Phi) is 10.2. The molecule has 1 amide bonds. The average molecular weight is 602 g/mol. The number of para-hydroxylation sites is 1. The molecule has 2 aliphatic heterocycles. The highest BCUT2D eigenvalue weighted by molar-refractivity contribution is 6.33. The summed E-state index contributed by atoms with van der Waals surface area (Å²) in [4.78, 5) is 34.1. The van der Waals surface area contributed by atoms with E-state index in [9.17, 15) is 9.59 Å². The molecule has 4 heterocycles. The highest BCUT2D eigenvalue weighted by Crippen LogP contribution is 2.26. The van der Waals surface area contributed by atoms with Crippen molar-refractivity contribution >= 4 is 40.5 Å². The van der Waals surface area contributed by atoms with E-state index in [0.29, 0.717) is 44.2 Å². The van der Waals surface area contributed by atoms with Crippen LogP contribution in [0.4, 0.5) is 11.4 Å². The van der Waals surface area contributed by atoms with Crippen LogP contribution in [0, 0.1) is 0 Å². The van der Waals surface area contributed by atoms with Gasteiger partial charge in [0.05, 0.1) is 28.9 Å². The van der Waals surface area contributed by atoms with Crippen molar-refractivity contribution in [3.63, 3.8) is 0 Å². The number of anilines is 2. The van der Waals surface area contributed by atoms with Gasteiger partial charge in [0.25, 0.3) is 11.5 Å². The van der Waals surface area contributed by atoms with Crippen LogP contribution in [-0.2, 0) is 6.54 Å². The summed E-state index contributed by atoms with van der Waals surface area (Å²) in [6, 6.07) is 11.4. The first-order valence-electron chi connectivity index (χ1n) is 14.6. The van der Waals surface area contributed by atoms with Crippen molar-refractivity contribution in [2.45, 2.75) is 38.6 Å². The van der Waals surface area contributed by atoms with Gasteiger partial charge in [-0.2, -0.15) is 5.10 Å². The maximum atomic E-state index is 12.9. The molecule has 5 rings (SSSR count). The largest absolute Gasteiger partial charge is 0.459 e. The van der Waals surface area contributed by atoms with Crippen LogP contribution in [0.15, 0.2) is 58.1 Å². The summed E-state index contributed by atoms with van der Waals surface area (Å²) < 4.78 is 6.70. The van der Waals surface area contributed by atoms with Crippen LogP contribution >= 0.6 is 23.2 Å². The summed E-state index contributed by atoms with van der Waals surface area (Å²) in [5.41, 5.74) is 1.51. The number of hydrogen-bond donors (Lipinski definition) is 0. The lowest BCUT2D eigenvalue weighted by atomic mass is 10.1. The van der Waals surface area contributed by atoms with Gasteiger partial charge in [0.2, 0.25) is 0 Å². The highest BCUT2D eigenvalue weighted by atomic mass is 35.5. The van der Waals surface area contributed by atoms with Gasteiger partial charge in [-0.05, 0) is 43.7 Å². The van der Waals surface area contributed by atoms with E-state index < -0.39 is 0 Å². The zero-order valence-electron chi connectivity index (χ0n) is 23.4. The molecular formula is C30H38Cl2N6O3. The average Bonchev–Trinajstić information content (AvgIpc) is 3.54. The molecule has 41 heavy (non-hydrogen) atoms. The van der Waals surface area contributed by atoms with Crippen molar-refractivity contribution in [3.05, 3.63) is 75.0 Å². The van der Waals surface area contributed by atoms with E-state index in [1.54, 1.807) is 23.2 Å². The van der Waals surface area contributed by atoms with Crippen LogP contribution in [0.25, 0.3) is 0 Å². The SMILES string of the molecule is O=C(c1ccco1)N1CCN(c2cnn(CCCCCCCN3CCN(c4ccccc4Cl)CC3)c(=O)c2Cl)CC1. The zero-order chi connectivity index (χ0) is 28.6. The number of furan rings is 1. The number of unbranched alkanes of at least 4 members (excludes halogenated alkanes) is 4. The van der Waals surface area contributed by atoms with Crippen LogP contribution in [0.3, 0.4) is 0 Å². The molecule has 0 atom stereocenters. The van der Waals surface area contributed by atoms with Crippen LogP contribution in [-0.4, -0.2) is 84.4 Å². The fraction of sp³-hybridized carbons (Fsp3) is 0.500. The summed E-state index contributed by atoms with van der Waals surface area (Å²) in [5, 5.41) is 5.42. The molecule has 0 unspecified atom stereocenters. The van der Waals surface area contributed by atoms with Crippen molar-refractivity contribution in [3.8, 4) is 0 Å². The van der Waals surface area contributed by atoms with Gasteiger partial charge in [-0.25, -0.2) is 4.68 Å². The molecule has 2 aliphatic rings. The number of amides is 1. The smallest absolute Gasteiger partial charge is 0.289 e. The van der Waals surface area contributed by atoms with E-state index in [4.69, 9.17) is 27.6 Å². The monoisotopic (exact) mass is 600 g/mol. The molecule has 0 aliphatic carbocycles. The van der Waals surface area contributed by atoms with Gasteiger partial charge in [-0.15, -0.1) is 0 Å². The van der Waals surface area contributed by atoms with E-state index >= 15 is 0 Å². The van der Waals surface area contributed by atoms with E-state index in [2.05, 4.69) is 21.0 Å². The minimum absolute atomic E-state index is 0.123. The molecule has 0 spiro atoms. The maximum Gasteiger partial charge on any atom is 0.289 e. The van der Waals surface area contributed by atoms with Gasteiger partial charge in [0, 0.05) is 58.9 Å². The molecule has 220 valence electrons. The first-order chi connectivity index (χ1) is 20.0. The molecule has 11 heteroatoms. The van der Waals surface area contributed by atoms with Gasteiger partial charge in [0.15, 0.2) is 5.76 Å². The van der Waals surface area contributed by atoms with Gasteiger partial charge in [-0.3, -0.25) is 14.5 Å². The van der Waals surface area contributed by atoms with Gasteiger partial charge >= 0.3 is 0 Å². The number of hydrogen-bond acceptors (Lipinski definition) is 7. The molecule has 0 radical (unpaired) electrons. The second-order valence-electron chi connectivity index (χ2n) is 10.7. The predicted octanol–water partition coefficient (Wildman–Crippen LogP) is 4.88. The third-order valence-corrected chi connectivity index (χ3v) is 8.69. The Morgan fingerprint density at radius 1 is 0.780 bits per heavy atom. The second-order valence-corrected chi connectivity index (χ2v) is 11.5. The molecule has 0 saturated carbocycles. The fourth-order valence-electron chi connectivity index (χ4n) is 5.59. The molecular weight excluding hydrogens is 563 g/mol. The van der Waals surface area contributed by atoms with Crippen molar-refractivity contribution in [1.29, 1.82) is 0 Å². The number of nitrogens with zero attached hydrogens (tertiary/aromatic N) is 6. The molecule has 1 aromatic carbocycles. The number of aromatic nitrogens is 2. The zero-order valence-corrected chi connectivity index (χ0v) is 24.9. The number of halogens is 2. The van der Waals surface area contributed by atoms with Crippen LogP contribution in [0.2, 0.25) is 10.0 Å². The summed E-state index contributed by atoms with van der Waals surface area (Å²) in [5.74, 6) is 0.214. The summed E-state index contributed by atoms with van der Waals surface area (Å²) in [7, 11) is 0. The van der Waals surface area contributed by atoms with Crippen LogP contribution < -0.4 is 15.4 Å². The number of rotatable bonds is 11. The lowest BCUT2D eigenvalue weighted by molar-refractivity contribution is 0.0714. The van der Waals surface area contributed by atoms with Gasteiger partial charge in [0.1, 0.15) is 5.02 Å². The molecule has 0 N–H and O–H groups in total. The predicted molar refractivity (Wildman–Crippen MR) is 164 cm³/mol. The van der Waals surface area contributed by atoms with Crippen LogP contribution in [0.1, 0.15) is 42.7 Å². The van der Waals surface area contributed by atoms with E-state index in [0.717, 1.165) is 62.7 Å². The summed E-state index contributed by atoms with van der Waals surface area (Å²) in [6.07, 6.45) is 8.64. The van der Waals surface area contributed by atoms with Gasteiger partial charge < -0.3 is 19.1 Å². The van der Waals surface area contributed by atoms with E-state index in [1.807, 2.05) is 23.1 Å². The van der Waals surface area contributed by atoms with Crippen LogP contribution in [0.5, 0.6) is 0 Å². The molecule has 0 bridgehead atoms. The highest BCUT2D eigenvalue weighted by Gasteiger charge is 2.26. The summed E-state index contributed by atoms with van der Waals surface area (Å²) in [6.45, 7) is 8.04. The third-order valence-electron chi connectivity index (χ3n) is 8.02. The van der Waals surface area contributed by atoms with Crippen molar-refractivity contribution in [1.82, 2.24) is 19.6 Å². The third kappa shape index (κ3) is 7.45. The first-order valence-corrected chi connectivity index (χ1v) is 15.3. The molecule has 2 aromatic heterocycles. The molecule has 9 nitrogen and oxygen atoms in total. The fourth-order valence-corrected chi connectivity index (χ4v) is 6.11. The Hall–Kier alpha value is -3.01. The van der Waals surface area contributed by atoms with Crippen molar-refractivity contribution in [2.75, 3.05) is 68.7 Å². The number of carbonyl (C=O) groups is 1. The number of piperazine rings is 2. The lowest BCUT2D eigenvalue weighted by Gasteiger charge is -2.36. The molecule has 3 aromatic rings.